The van der Waals surface area contributed by atoms with Gasteiger partial charge in [-0.05, 0) is 44.0 Å². The van der Waals surface area contributed by atoms with Crippen LogP contribution in [-0.4, -0.2) is 55.3 Å². The first-order valence-corrected chi connectivity index (χ1v) is 10.4. The summed E-state index contributed by atoms with van der Waals surface area (Å²) in [5.74, 6) is 1.75. The van der Waals surface area contributed by atoms with Gasteiger partial charge in [-0.1, -0.05) is 0 Å². The molecule has 0 spiro atoms. The summed E-state index contributed by atoms with van der Waals surface area (Å²) in [5, 5.41) is 17.0. The molecule has 164 valence electrons. The molecule has 10 heteroatoms. The minimum absolute atomic E-state index is 0.0100. The number of fused-ring (bicyclic) bond motifs is 1. The fourth-order valence-electron chi connectivity index (χ4n) is 4.13. The highest BCUT2D eigenvalue weighted by Crippen LogP contribution is 2.37. The van der Waals surface area contributed by atoms with Crippen molar-refractivity contribution in [3.05, 3.63) is 48.3 Å². The van der Waals surface area contributed by atoms with Crippen molar-refractivity contribution in [2.24, 2.45) is 0 Å². The summed E-state index contributed by atoms with van der Waals surface area (Å²) in [4.78, 5) is 25.6. The average Bonchev–Trinajstić information content (AvgIpc) is 3.49. The fourth-order valence-corrected chi connectivity index (χ4v) is 4.13. The van der Waals surface area contributed by atoms with Crippen molar-refractivity contribution < 1.29 is 9.84 Å². The van der Waals surface area contributed by atoms with E-state index in [9.17, 15) is 5.11 Å². The Morgan fingerprint density at radius 3 is 2.81 bits per heavy atom. The molecule has 5 heterocycles. The lowest BCUT2D eigenvalue weighted by Gasteiger charge is -2.28. The summed E-state index contributed by atoms with van der Waals surface area (Å²) in [6.07, 6.45) is 6.91. The topological polar surface area (TPSA) is 134 Å². The van der Waals surface area contributed by atoms with Gasteiger partial charge in [0.15, 0.2) is 5.65 Å². The first kappa shape index (κ1) is 20.3. The van der Waals surface area contributed by atoms with E-state index < -0.39 is 5.54 Å². The molecule has 10 nitrogen and oxygen atoms in total. The second kappa shape index (κ2) is 8.13. The monoisotopic (exact) mass is 432 g/mol. The fraction of sp³-hybridized carbons (Fsp3) is 0.318. The number of ether oxygens (including phenoxy) is 1. The average molecular weight is 432 g/mol. The van der Waals surface area contributed by atoms with Crippen LogP contribution in [-0.2, 0) is 5.54 Å². The van der Waals surface area contributed by atoms with Crippen molar-refractivity contribution in [3.63, 3.8) is 0 Å². The maximum atomic E-state index is 10.2. The molecule has 0 saturated carbocycles. The van der Waals surface area contributed by atoms with Crippen LogP contribution in [0.3, 0.4) is 0 Å². The zero-order valence-corrected chi connectivity index (χ0v) is 17.9. The molecule has 5 rings (SSSR count). The molecule has 1 fully saturated rings. The Labute approximate surface area is 184 Å². The Bertz CT molecular complexity index is 1250. The first-order valence-electron chi connectivity index (χ1n) is 10.4. The quantitative estimate of drug-likeness (QED) is 0.362. The van der Waals surface area contributed by atoms with Gasteiger partial charge in [0.25, 0.3) is 0 Å². The van der Waals surface area contributed by atoms with Crippen molar-refractivity contribution in [2.75, 3.05) is 25.6 Å². The number of hydrogen-bond donors (Lipinski definition) is 4. The number of aliphatic hydroxyl groups is 1. The molecule has 0 aromatic carbocycles. The Morgan fingerprint density at radius 1 is 1.19 bits per heavy atom. The van der Waals surface area contributed by atoms with E-state index in [0.717, 1.165) is 36.2 Å². The molecule has 0 aliphatic carbocycles. The smallest absolute Gasteiger partial charge is 0.213 e. The van der Waals surface area contributed by atoms with Crippen LogP contribution in [0.15, 0.2) is 36.9 Å². The summed E-state index contributed by atoms with van der Waals surface area (Å²) < 4.78 is 5.15. The van der Waals surface area contributed by atoms with Crippen molar-refractivity contribution >= 4 is 22.7 Å². The van der Waals surface area contributed by atoms with Crippen LogP contribution in [0, 0.1) is 6.92 Å². The molecular formula is C22H24N8O2. The predicted octanol–water partition coefficient (Wildman–Crippen LogP) is 2.44. The largest absolute Gasteiger partial charge is 0.481 e. The first-order chi connectivity index (χ1) is 15.6. The summed E-state index contributed by atoms with van der Waals surface area (Å²) in [6, 6.07) is 5.67. The summed E-state index contributed by atoms with van der Waals surface area (Å²) >= 11 is 0. The van der Waals surface area contributed by atoms with Crippen LogP contribution >= 0.6 is 0 Å². The van der Waals surface area contributed by atoms with E-state index in [1.807, 2.05) is 19.1 Å². The number of methoxy groups -OCH3 is 1. The minimum Gasteiger partial charge on any atom is -0.481 e. The normalized spacial score (nSPS) is 18.2. The number of rotatable bonds is 6. The minimum atomic E-state index is -0.519. The van der Waals surface area contributed by atoms with Gasteiger partial charge >= 0.3 is 0 Å². The van der Waals surface area contributed by atoms with E-state index in [1.165, 1.54) is 0 Å². The highest BCUT2D eigenvalue weighted by atomic mass is 16.5. The number of aryl methyl sites for hydroxylation is 1. The Hall–Kier alpha value is -3.63. The highest BCUT2D eigenvalue weighted by molar-refractivity contribution is 5.91. The van der Waals surface area contributed by atoms with Gasteiger partial charge in [0.1, 0.15) is 22.9 Å². The van der Waals surface area contributed by atoms with Gasteiger partial charge < -0.3 is 25.5 Å². The zero-order valence-electron chi connectivity index (χ0n) is 17.9. The maximum absolute atomic E-state index is 10.2. The van der Waals surface area contributed by atoms with E-state index >= 15 is 0 Å². The number of aromatic nitrogens is 6. The third-order valence-corrected chi connectivity index (χ3v) is 5.81. The molecule has 0 amide bonds. The number of nitrogens with zero attached hydrogens (tertiary/aromatic N) is 5. The van der Waals surface area contributed by atoms with Crippen LogP contribution in [0.4, 0.5) is 11.5 Å². The number of hydrogen-bond acceptors (Lipinski definition) is 9. The van der Waals surface area contributed by atoms with Gasteiger partial charge in [-0.3, -0.25) is 0 Å². The standard InChI is InChI=1S/C22H24N8O2/c1-13-28-18(19-21(29-13)26-12-25-19)16-8-14(22(11-31)6-3-7-27-22)9-24-20(16)30-15-4-5-17(32-2)23-10-15/h4-5,8-10,12,27,31H,3,6-7,11H2,1-2H3,(H,24,30)(H,25,26,28,29)/t22-/m0/s1. The molecule has 1 saturated heterocycles. The molecule has 0 unspecified atom stereocenters. The molecule has 4 aromatic heterocycles. The van der Waals surface area contributed by atoms with Gasteiger partial charge in [-0.2, -0.15) is 0 Å². The lowest BCUT2D eigenvalue weighted by molar-refractivity contribution is 0.178. The molecule has 1 aliphatic rings. The Kier molecular flexibility index (Phi) is 5.16. The lowest BCUT2D eigenvalue weighted by atomic mass is 9.89. The zero-order chi connectivity index (χ0) is 22.1. The van der Waals surface area contributed by atoms with Crippen LogP contribution < -0.4 is 15.4 Å². The van der Waals surface area contributed by atoms with Gasteiger partial charge in [0, 0.05) is 17.8 Å². The summed E-state index contributed by atoms with van der Waals surface area (Å²) in [6.45, 7) is 2.68. The van der Waals surface area contributed by atoms with E-state index in [2.05, 4.69) is 30.6 Å². The van der Waals surface area contributed by atoms with Crippen LogP contribution in [0.2, 0.25) is 0 Å². The maximum Gasteiger partial charge on any atom is 0.213 e. The van der Waals surface area contributed by atoms with Crippen molar-refractivity contribution in [1.82, 2.24) is 35.2 Å². The highest BCUT2D eigenvalue weighted by Gasteiger charge is 2.35. The van der Waals surface area contributed by atoms with Crippen LogP contribution in [0.5, 0.6) is 5.88 Å². The number of nitrogens with one attached hydrogen (secondary N) is 3. The van der Waals surface area contributed by atoms with Crippen molar-refractivity contribution in [1.29, 1.82) is 0 Å². The molecule has 1 atom stereocenters. The molecule has 0 radical (unpaired) electrons. The molecule has 1 aliphatic heterocycles. The number of aromatic amines is 1. The number of pyridine rings is 2. The second-order valence-corrected chi connectivity index (χ2v) is 7.82. The SMILES string of the molecule is COc1ccc(Nc2ncc([C@@]3(CO)CCCN3)cc2-c2nc(C)nc3[nH]cnc23)cn1. The number of anilines is 2. The molecule has 32 heavy (non-hydrogen) atoms. The van der Waals surface area contributed by atoms with Crippen LogP contribution in [0.1, 0.15) is 24.2 Å². The Balaban J connectivity index is 1.66. The van der Waals surface area contributed by atoms with Gasteiger partial charge in [0.2, 0.25) is 5.88 Å². The number of imidazole rings is 1. The van der Waals surface area contributed by atoms with E-state index in [1.54, 1.807) is 31.9 Å². The van der Waals surface area contributed by atoms with E-state index in [4.69, 9.17) is 14.7 Å². The van der Waals surface area contributed by atoms with Crippen molar-refractivity contribution in [3.8, 4) is 17.1 Å². The van der Waals surface area contributed by atoms with Gasteiger partial charge in [-0.25, -0.2) is 24.9 Å². The molecule has 0 bridgehead atoms. The Morgan fingerprint density at radius 2 is 2.09 bits per heavy atom. The third-order valence-electron chi connectivity index (χ3n) is 5.81. The second-order valence-electron chi connectivity index (χ2n) is 7.82. The molecular weight excluding hydrogens is 408 g/mol. The lowest BCUT2D eigenvalue weighted by Crippen LogP contribution is -2.40. The molecule has 4 aromatic rings. The van der Waals surface area contributed by atoms with Crippen molar-refractivity contribution in [2.45, 2.75) is 25.3 Å². The van der Waals surface area contributed by atoms with Gasteiger partial charge in [0.05, 0.1) is 37.5 Å². The van der Waals surface area contributed by atoms with Gasteiger partial charge in [-0.15, -0.1) is 0 Å². The summed E-state index contributed by atoms with van der Waals surface area (Å²) in [7, 11) is 1.58. The molecule has 4 N–H and O–H groups in total. The number of H-pyrrole nitrogens is 1. The van der Waals surface area contributed by atoms with E-state index in [0.29, 0.717) is 34.4 Å². The van der Waals surface area contributed by atoms with Crippen LogP contribution in [0.25, 0.3) is 22.4 Å². The third kappa shape index (κ3) is 3.53. The number of aliphatic hydroxyl groups excluding tert-OH is 1. The van der Waals surface area contributed by atoms with E-state index in [-0.39, 0.29) is 6.61 Å². The predicted molar refractivity (Wildman–Crippen MR) is 120 cm³/mol. The summed E-state index contributed by atoms with van der Waals surface area (Å²) in [5.41, 5.74) is 3.89.